The first-order valence-electron chi connectivity index (χ1n) is 8.40. The average molecular weight is 351 g/mol. The van der Waals surface area contributed by atoms with Gasteiger partial charge in [-0.25, -0.2) is 0 Å². The lowest BCUT2D eigenvalue weighted by Crippen LogP contribution is -2.39. The number of rotatable bonds is 5. The van der Waals surface area contributed by atoms with Gasteiger partial charge in [0.25, 0.3) is 0 Å². The summed E-state index contributed by atoms with van der Waals surface area (Å²) in [5.41, 5.74) is 2.83. The molecule has 0 bridgehead atoms. The van der Waals surface area contributed by atoms with Crippen molar-refractivity contribution >= 4 is 21.6 Å². The molecule has 2 atom stereocenters. The quantitative estimate of drug-likeness (QED) is 0.826. The van der Waals surface area contributed by atoms with E-state index in [1.54, 1.807) is 0 Å². The smallest absolute Gasteiger partial charge is 0.0412 e. The molecule has 0 saturated heterocycles. The van der Waals surface area contributed by atoms with Crippen molar-refractivity contribution < 1.29 is 0 Å². The van der Waals surface area contributed by atoms with Gasteiger partial charge in [0.1, 0.15) is 0 Å². The molecule has 0 radical (unpaired) electrons. The zero-order chi connectivity index (χ0) is 14.8. The van der Waals surface area contributed by atoms with Crippen LogP contribution >= 0.6 is 15.9 Å². The van der Waals surface area contributed by atoms with Crippen LogP contribution in [0.2, 0.25) is 0 Å². The predicted molar refractivity (Wildman–Crippen MR) is 93.8 cm³/mol. The van der Waals surface area contributed by atoms with Crippen molar-refractivity contribution in [2.24, 2.45) is 5.92 Å². The summed E-state index contributed by atoms with van der Waals surface area (Å²) in [5.74, 6) is 0.802. The van der Waals surface area contributed by atoms with Gasteiger partial charge in [-0.3, -0.25) is 0 Å². The van der Waals surface area contributed by atoms with E-state index in [-0.39, 0.29) is 0 Å². The van der Waals surface area contributed by atoms with Gasteiger partial charge in [0.2, 0.25) is 0 Å². The molecule has 1 N–H and O–H groups in total. The van der Waals surface area contributed by atoms with E-state index in [4.69, 9.17) is 0 Å². The molecule has 0 aliphatic heterocycles. The Morgan fingerprint density at radius 1 is 1.19 bits per heavy atom. The van der Waals surface area contributed by atoms with E-state index >= 15 is 0 Å². The molecule has 2 unspecified atom stereocenters. The van der Waals surface area contributed by atoms with Crippen LogP contribution in [0.5, 0.6) is 0 Å². The van der Waals surface area contributed by atoms with E-state index in [1.165, 1.54) is 54.2 Å². The molecule has 0 spiro atoms. The Kier molecular flexibility index (Phi) is 4.90. The molecular formula is C18H27BrN2. The maximum atomic E-state index is 3.66. The lowest BCUT2D eigenvalue weighted by molar-refractivity contribution is 0.321. The lowest BCUT2D eigenvalue weighted by Gasteiger charge is -2.38. The van der Waals surface area contributed by atoms with Crippen LogP contribution in [0.25, 0.3) is 0 Å². The molecule has 2 fully saturated rings. The maximum Gasteiger partial charge on any atom is 0.0412 e. The number of halogens is 1. The molecule has 2 aliphatic rings. The van der Waals surface area contributed by atoms with Crippen LogP contribution in [-0.4, -0.2) is 19.1 Å². The van der Waals surface area contributed by atoms with Crippen molar-refractivity contribution in [3.05, 3.63) is 28.2 Å². The Balaban J connectivity index is 1.78. The molecule has 116 valence electrons. The van der Waals surface area contributed by atoms with E-state index in [2.05, 4.69) is 58.3 Å². The van der Waals surface area contributed by atoms with E-state index < -0.39 is 0 Å². The molecule has 2 nitrogen and oxygen atoms in total. The molecule has 0 heterocycles. The fourth-order valence-electron chi connectivity index (χ4n) is 3.63. The molecule has 0 amide bonds. The van der Waals surface area contributed by atoms with Gasteiger partial charge in [0.15, 0.2) is 0 Å². The summed E-state index contributed by atoms with van der Waals surface area (Å²) in [5, 5.41) is 3.66. The Bertz CT molecular complexity index is 484. The average Bonchev–Trinajstić information content (AvgIpc) is 3.29. The molecule has 2 aliphatic carbocycles. The highest BCUT2D eigenvalue weighted by atomic mass is 79.9. The van der Waals surface area contributed by atoms with Crippen LogP contribution in [-0.2, 0) is 6.54 Å². The predicted octanol–water partition coefficient (Wildman–Crippen LogP) is 4.72. The van der Waals surface area contributed by atoms with Crippen molar-refractivity contribution in [2.45, 2.75) is 64.1 Å². The van der Waals surface area contributed by atoms with Gasteiger partial charge in [-0.15, -0.1) is 0 Å². The summed E-state index contributed by atoms with van der Waals surface area (Å²) < 4.78 is 1.18. The van der Waals surface area contributed by atoms with Gasteiger partial charge < -0.3 is 10.2 Å². The highest BCUT2D eigenvalue weighted by Crippen LogP contribution is 2.33. The van der Waals surface area contributed by atoms with Crippen LogP contribution < -0.4 is 10.2 Å². The second-order valence-electron chi connectivity index (χ2n) is 6.87. The molecule has 1 aromatic rings. The minimum atomic E-state index is 0.694. The highest BCUT2D eigenvalue weighted by molar-refractivity contribution is 9.10. The molecule has 3 heteroatoms. The second-order valence-corrected chi connectivity index (χ2v) is 7.78. The Labute approximate surface area is 137 Å². The molecule has 21 heavy (non-hydrogen) atoms. The number of nitrogens with zero attached hydrogens (tertiary/aromatic N) is 1. The minimum Gasteiger partial charge on any atom is -0.371 e. The van der Waals surface area contributed by atoms with Crippen LogP contribution in [0.1, 0.15) is 51.0 Å². The Morgan fingerprint density at radius 2 is 1.95 bits per heavy atom. The maximum absolute atomic E-state index is 3.66. The van der Waals surface area contributed by atoms with E-state index in [0.29, 0.717) is 6.04 Å². The van der Waals surface area contributed by atoms with Gasteiger partial charge in [-0.05, 0) is 55.4 Å². The summed E-state index contributed by atoms with van der Waals surface area (Å²) in [6.07, 6.45) is 8.19. The third-order valence-electron chi connectivity index (χ3n) is 5.14. The first kappa shape index (κ1) is 15.4. The van der Waals surface area contributed by atoms with Crippen molar-refractivity contribution in [1.29, 1.82) is 0 Å². The summed E-state index contributed by atoms with van der Waals surface area (Å²) >= 11 is 3.63. The zero-order valence-corrected chi connectivity index (χ0v) is 14.8. The van der Waals surface area contributed by atoms with Crippen LogP contribution in [0.15, 0.2) is 22.7 Å². The zero-order valence-electron chi connectivity index (χ0n) is 13.2. The molecule has 2 saturated carbocycles. The third kappa shape index (κ3) is 3.81. The van der Waals surface area contributed by atoms with E-state index in [0.717, 1.165) is 18.5 Å². The number of benzene rings is 1. The van der Waals surface area contributed by atoms with Gasteiger partial charge in [0.05, 0.1) is 0 Å². The summed E-state index contributed by atoms with van der Waals surface area (Å²) in [6.45, 7) is 3.41. The first-order valence-corrected chi connectivity index (χ1v) is 9.19. The third-order valence-corrected chi connectivity index (χ3v) is 5.64. The standard InChI is InChI=1S/C18H27BrN2/c1-13-5-3-4-6-17(13)21(2)18-10-7-15(19)11-14(18)12-20-16-8-9-16/h7,10-11,13,16-17,20H,3-6,8-9,12H2,1-2H3. The fourth-order valence-corrected chi connectivity index (χ4v) is 4.04. The minimum absolute atomic E-state index is 0.694. The van der Waals surface area contributed by atoms with E-state index in [1.807, 2.05) is 0 Å². The largest absolute Gasteiger partial charge is 0.371 e. The summed E-state index contributed by atoms with van der Waals surface area (Å²) in [4.78, 5) is 2.54. The molecule has 0 aromatic heterocycles. The fraction of sp³-hybridized carbons (Fsp3) is 0.667. The number of hydrogen-bond donors (Lipinski definition) is 1. The first-order chi connectivity index (χ1) is 10.1. The number of hydrogen-bond acceptors (Lipinski definition) is 2. The van der Waals surface area contributed by atoms with Gasteiger partial charge in [0, 0.05) is 35.8 Å². The SMILES string of the molecule is CC1CCCCC1N(C)c1ccc(Br)cc1CNC1CC1. The summed E-state index contributed by atoms with van der Waals surface area (Å²) in [7, 11) is 2.29. The highest BCUT2D eigenvalue weighted by Gasteiger charge is 2.27. The summed E-state index contributed by atoms with van der Waals surface area (Å²) in [6, 6.07) is 8.21. The Morgan fingerprint density at radius 3 is 2.67 bits per heavy atom. The normalized spacial score (nSPS) is 25.9. The van der Waals surface area contributed by atoms with Crippen molar-refractivity contribution in [3.63, 3.8) is 0 Å². The molecule has 1 aromatic carbocycles. The van der Waals surface area contributed by atoms with Crippen molar-refractivity contribution in [2.75, 3.05) is 11.9 Å². The second kappa shape index (κ2) is 6.70. The van der Waals surface area contributed by atoms with Gasteiger partial charge in [-0.1, -0.05) is 35.7 Å². The molecular weight excluding hydrogens is 324 g/mol. The van der Waals surface area contributed by atoms with Gasteiger partial charge >= 0.3 is 0 Å². The van der Waals surface area contributed by atoms with Gasteiger partial charge in [-0.2, -0.15) is 0 Å². The monoisotopic (exact) mass is 350 g/mol. The van der Waals surface area contributed by atoms with Crippen LogP contribution in [0.4, 0.5) is 5.69 Å². The topological polar surface area (TPSA) is 15.3 Å². The van der Waals surface area contributed by atoms with Crippen molar-refractivity contribution in [1.82, 2.24) is 5.32 Å². The van der Waals surface area contributed by atoms with E-state index in [9.17, 15) is 0 Å². The number of nitrogens with one attached hydrogen (secondary N) is 1. The Hall–Kier alpha value is -0.540. The number of anilines is 1. The lowest BCUT2D eigenvalue weighted by atomic mass is 9.84. The van der Waals surface area contributed by atoms with Crippen LogP contribution in [0, 0.1) is 5.92 Å². The van der Waals surface area contributed by atoms with Crippen molar-refractivity contribution in [3.8, 4) is 0 Å². The van der Waals surface area contributed by atoms with Crippen LogP contribution in [0.3, 0.4) is 0 Å². The molecule has 3 rings (SSSR count).